The zero-order valence-corrected chi connectivity index (χ0v) is 12.4. The number of fused-ring (bicyclic) bond motifs is 1. The average molecular weight is 345 g/mol. The Morgan fingerprint density at radius 2 is 1.95 bits per heavy atom. The van der Waals surface area contributed by atoms with Gasteiger partial charge in [0.25, 0.3) is 5.91 Å². The molecule has 21 heavy (non-hydrogen) atoms. The van der Waals surface area contributed by atoms with Crippen LogP contribution in [0, 0.1) is 5.82 Å². The highest BCUT2D eigenvalue weighted by molar-refractivity contribution is 9.10. The number of aromatic nitrogens is 1. The normalized spacial score (nSPS) is 10.6. The van der Waals surface area contributed by atoms with Crippen LogP contribution in [0.4, 0.5) is 10.1 Å². The molecule has 5 heteroatoms. The van der Waals surface area contributed by atoms with Gasteiger partial charge < -0.3 is 5.32 Å². The van der Waals surface area contributed by atoms with Gasteiger partial charge in [-0.1, -0.05) is 34.1 Å². The van der Waals surface area contributed by atoms with Gasteiger partial charge in [-0.25, -0.2) is 4.39 Å². The minimum atomic E-state index is -0.490. The number of amides is 1. The van der Waals surface area contributed by atoms with E-state index in [2.05, 4.69) is 26.2 Å². The van der Waals surface area contributed by atoms with Gasteiger partial charge in [0.1, 0.15) is 5.82 Å². The smallest absolute Gasteiger partial charge is 0.256 e. The molecule has 0 radical (unpaired) electrons. The first kappa shape index (κ1) is 13.7. The van der Waals surface area contributed by atoms with Crippen molar-refractivity contribution >= 4 is 38.4 Å². The van der Waals surface area contributed by atoms with E-state index in [9.17, 15) is 9.18 Å². The van der Waals surface area contributed by atoms with Crippen molar-refractivity contribution < 1.29 is 9.18 Å². The summed E-state index contributed by atoms with van der Waals surface area (Å²) in [5.41, 5.74) is 1.33. The lowest BCUT2D eigenvalue weighted by Gasteiger charge is -2.08. The van der Waals surface area contributed by atoms with E-state index in [4.69, 9.17) is 0 Å². The Labute approximate surface area is 128 Å². The third-order valence-electron chi connectivity index (χ3n) is 3.07. The molecule has 0 aliphatic carbocycles. The van der Waals surface area contributed by atoms with Gasteiger partial charge in [-0.3, -0.25) is 9.78 Å². The maximum Gasteiger partial charge on any atom is 0.256 e. The third-order valence-corrected chi connectivity index (χ3v) is 3.57. The van der Waals surface area contributed by atoms with Crippen LogP contribution in [0.25, 0.3) is 10.9 Å². The van der Waals surface area contributed by atoms with Crippen molar-refractivity contribution in [2.24, 2.45) is 0 Å². The predicted molar refractivity (Wildman–Crippen MR) is 83.8 cm³/mol. The third kappa shape index (κ3) is 2.78. The van der Waals surface area contributed by atoms with E-state index >= 15 is 0 Å². The Morgan fingerprint density at radius 3 is 2.76 bits per heavy atom. The van der Waals surface area contributed by atoms with E-state index in [1.54, 1.807) is 18.3 Å². The molecule has 1 heterocycles. The Kier molecular flexibility index (Phi) is 3.66. The summed E-state index contributed by atoms with van der Waals surface area (Å²) in [6.07, 6.45) is 1.56. The summed E-state index contributed by atoms with van der Waals surface area (Å²) in [5, 5.41) is 3.31. The first-order chi connectivity index (χ1) is 10.1. The fraction of sp³-hybridized carbons (Fsp3) is 0. The van der Waals surface area contributed by atoms with Crippen molar-refractivity contribution in [3.05, 3.63) is 70.6 Å². The fourth-order valence-corrected chi connectivity index (χ4v) is 2.41. The number of carbonyl (C=O) groups is 1. The second kappa shape index (κ2) is 5.61. The van der Waals surface area contributed by atoms with Crippen molar-refractivity contribution in [1.29, 1.82) is 0 Å². The van der Waals surface area contributed by atoms with Crippen molar-refractivity contribution in [3.8, 4) is 0 Å². The second-order valence-corrected chi connectivity index (χ2v) is 5.37. The maximum atomic E-state index is 13.8. The molecule has 1 N–H and O–H groups in total. The molecule has 0 spiro atoms. The Balaban J connectivity index is 1.97. The number of hydrogen-bond acceptors (Lipinski definition) is 2. The number of nitrogens with one attached hydrogen (secondary N) is 1. The molecule has 104 valence electrons. The van der Waals surface area contributed by atoms with Crippen LogP contribution in [0.3, 0.4) is 0 Å². The molecule has 2 aromatic carbocycles. The number of carbonyl (C=O) groups excluding carboxylic acids is 1. The molecule has 0 atom stereocenters. The van der Waals surface area contributed by atoms with Gasteiger partial charge in [-0.15, -0.1) is 0 Å². The van der Waals surface area contributed by atoms with Crippen LogP contribution in [0.1, 0.15) is 10.4 Å². The number of pyridine rings is 1. The van der Waals surface area contributed by atoms with Gasteiger partial charge >= 0.3 is 0 Å². The van der Waals surface area contributed by atoms with Crippen LogP contribution >= 0.6 is 15.9 Å². The van der Waals surface area contributed by atoms with Crippen molar-refractivity contribution in [2.75, 3.05) is 5.32 Å². The van der Waals surface area contributed by atoms with Crippen LogP contribution < -0.4 is 5.32 Å². The van der Waals surface area contributed by atoms with Crippen molar-refractivity contribution in [3.63, 3.8) is 0 Å². The molecule has 0 saturated heterocycles. The van der Waals surface area contributed by atoms with Gasteiger partial charge in [0.2, 0.25) is 0 Å². The largest absolute Gasteiger partial charge is 0.319 e. The SMILES string of the molecule is O=C(Nc1ccc(Br)cc1F)c1ccnc2ccccc12. The molecular weight excluding hydrogens is 335 g/mol. The summed E-state index contributed by atoms with van der Waals surface area (Å²) < 4.78 is 14.4. The zero-order chi connectivity index (χ0) is 14.8. The summed E-state index contributed by atoms with van der Waals surface area (Å²) >= 11 is 3.18. The van der Waals surface area contributed by atoms with E-state index in [0.717, 1.165) is 10.9 Å². The van der Waals surface area contributed by atoms with Crippen LogP contribution in [-0.4, -0.2) is 10.9 Å². The van der Waals surface area contributed by atoms with Crippen LogP contribution in [0.2, 0.25) is 0 Å². The molecule has 0 unspecified atom stereocenters. The summed E-state index contributed by atoms with van der Waals surface area (Å²) in [6.45, 7) is 0. The molecule has 0 aliphatic rings. The minimum absolute atomic E-state index is 0.143. The lowest BCUT2D eigenvalue weighted by atomic mass is 10.1. The topological polar surface area (TPSA) is 42.0 Å². The van der Waals surface area contributed by atoms with Crippen molar-refractivity contribution in [2.45, 2.75) is 0 Å². The number of anilines is 1. The van der Waals surface area contributed by atoms with E-state index in [1.807, 2.05) is 24.3 Å². The number of halogens is 2. The maximum absolute atomic E-state index is 13.8. The first-order valence-electron chi connectivity index (χ1n) is 6.25. The molecule has 0 saturated carbocycles. The summed E-state index contributed by atoms with van der Waals surface area (Å²) in [6, 6.07) is 13.4. The monoisotopic (exact) mass is 344 g/mol. The highest BCUT2D eigenvalue weighted by Crippen LogP contribution is 2.22. The summed E-state index contributed by atoms with van der Waals surface area (Å²) in [4.78, 5) is 16.5. The standard InChI is InChI=1S/C16H10BrFN2O/c17-10-5-6-15(13(18)9-10)20-16(21)12-7-8-19-14-4-2-1-3-11(12)14/h1-9H,(H,20,21). The molecule has 3 rings (SSSR count). The Hall–Kier alpha value is -2.27. The first-order valence-corrected chi connectivity index (χ1v) is 7.04. The molecule has 0 aliphatic heterocycles. The van der Waals surface area contributed by atoms with Crippen LogP contribution in [0.15, 0.2) is 59.2 Å². The molecule has 3 nitrogen and oxygen atoms in total. The van der Waals surface area contributed by atoms with Gasteiger partial charge in [0.15, 0.2) is 0 Å². The quantitative estimate of drug-likeness (QED) is 0.749. The number of rotatable bonds is 2. The lowest BCUT2D eigenvalue weighted by molar-refractivity contribution is 0.102. The molecule has 0 bridgehead atoms. The predicted octanol–water partition coefficient (Wildman–Crippen LogP) is 4.39. The molecule has 3 aromatic rings. The van der Waals surface area contributed by atoms with Crippen LogP contribution in [0.5, 0.6) is 0 Å². The highest BCUT2D eigenvalue weighted by atomic mass is 79.9. The average Bonchev–Trinajstić information content (AvgIpc) is 2.49. The van der Waals surface area contributed by atoms with Gasteiger partial charge in [0, 0.05) is 16.1 Å². The summed E-state index contributed by atoms with van der Waals surface area (Å²) in [7, 11) is 0. The Bertz CT molecular complexity index is 830. The molecule has 0 fully saturated rings. The van der Waals surface area contributed by atoms with Gasteiger partial charge in [-0.05, 0) is 30.3 Å². The number of para-hydroxylation sites is 1. The summed E-state index contributed by atoms with van der Waals surface area (Å²) in [5.74, 6) is -0.856. The molecular formula is C16H10BrFN2O. The van der Waals surface area contributed by atoms with Gasteiger partial charge in [-0.2, -0.15) is 0 Å². The second-order valence-electron chi connectivity index (χ2n) is 4.45. The van der Waals surface area contributed by atoms with E-state index in [0.29, 0.717) is 10.0 Å². The highest BCUT2D eigenvalue weighted by Gasteiger charge is 2.12. The zero-order valence-electron chi connectivity index (χ0n) is 10.8. The van der Waals surface area contributed by atoms with Crippen molar-refractivity contribution in [1.82, 2.24) is 4.98 Å². The van der Waals surface area contributed by atoms with Crippen LogP contribution in [-0.2, 0) is 0 Å². The minimum Gasteiger partial charge on any atom is -0.319 e. The van der Waals surface area contributed by atoms with Gasteiger partial charge in [0.05, 0.1) is 16.8 Å². The molecule has 1 amide bonds. The lowest BCUT2D eigenvalue weighted by Crippen LogP contribution is -2.13. The Morgan fingerprint density at radius 1 is 1.14 bits per heavy atom. The van der Waals surface area contributed by atoms with E-state index in [-0.39, 0.29) is 11.6 Å². The molecule has 1 aromatic heterocycles. The number of benzene rings is 2. The number of hydrogen-bond donors (Lipinski definition) is 1. The van der Waals surface area contributed by atoms with E-state index in [1.165, 1.54) is 12.1 Å². The number of nitrogens with zero attached hydrogens (tertiary/aromatic N) is 1. The fourth-order valence-electron chi connectivity index (χ4n) is 2.07. The van der Waals surface area contributed by atoms with E-state index < -0.39 is 5.82 Å².